The molecule has 7 heteroatoms. The maximum absolute atomic E-state index is 12.8. The van der Waals surface area contributed by atoms with E-state index in [1.165, 1.54) is 10.5 Å². The molecule has 166 valence electrons. The van der Waals surface area contributed by atoms with Gasteiger partial charge in [-0.2, -0.15) is 0 Å². The number of β-lactam (4-membered cyclic amide) rings is 1. The molecule has 3 atom stereocenters. The van der Waals surface area contributed by atoms with Crippen LogP contribution in [0.25, 0.3) is 0 Å². The molecule has 2 aromatic carbocycles. The van der Waals surface area contributed by atoms with Gasteiger partial charge < -0.3 is 9.87 Å². The van der Waals surface area contributed by atoms with Crippen LogP contribution in [0.15, 0.2) is 60.7 Å². The number of alkyl halides is 1. The van der Waals surface area contributed by atoms with E-state index in [9.17, 15) is 14.1 Å². The Kier molecular flexibility index (Phi) is 9.43. The molecule has 0 aliphatic carbocycles. The predicted octanol–water partition coefficient (Wildman–Crippen LogP) is 3.79. The van der Waals surface area contributed by atoms with Gasteiger partial charge >= 0.3 is 0 Å². The minimum absolute atomic E-state index is 0.0415. The maximum Gasteiger partial charge on any atom is 0.247 e. The highest BCUT2D eigenvalue weighted by Crippen LogP contribution is 2.32. The Morgan fingerprint density at radius 2 is 1.58 bits per heavy atom. The zero-order chi connectivity index (χ0) is 22.1. The van der Waals surface area contributed by atoms with Gasteiger partial charge in [-0.25, -0.2) is 0 Å². The number of likely N-dealkylation sites (tertiary alicyclic amines) is 1. The highest BCUT2D eigenvalue weighted by molar-refractivity contribution is 9.10. The largest absolute Gasteiger partial charge is 0.614 e. The number of nitrogens with zero attached hydrogens (tertiary/aromatic N) is 1. The Morgan fingerprint density at radius 1 is 0.968 bits per heavy atom. The Bertz CT molecular complexity index is 837. The third kappa shape index (κ3) is 7.09. The molecule has 0 saturated carbocycles. The van der Waals surface area contributed by atoms with Crippen molar-refractivity contribution in [3.63, 3.8) is 0 Å². The second-order valence-electron chi connectivity index (χ2n) is 7.77. The van der Waals surface area contributed by atoms with Gasteiger partial charge in [-0.05, 0) is 36.0 Å². The van der Waals surface area contributed by atoms with Crippen molar-refractivity contribution >= 4 is 38.9 Å². The van der Waals surface area contributed by atoms with Crippen molar-refractivity contribution in [1.82, 2.24) is 10.2 Å². The van der Waals surface area contributed by atoms with E-state index in [0.717, 1.165) is 37.7 Å². The number of nitrogens with one attached hydrogen (secondary N) is 1. The number of rotatable bonds is 12. The first-order chi connectivity index (χ1) is 15.1. The first-order valence-corrected chi connectivity index (χ1v) is 13.0. The first kappa shape index (κ1) is 23.8. The molecule has 1 heterocycles. The van der Waals surface area contributed by atoms with Crippen LogP contribution in [0.3, 0.4) is 0 Å². The topological polar surface area (TPSA) is 72.5 Å². The Morgan fingerprint density at radius 3 is 2.26 bits per heavy atom. The number of halogens is 1. The van der Waals surface area contributed by atoms with Gasteiger partial charge in [-0.15, -0.1) is 0 Å². The molecule has 0 unspecified atom stereocenters. The lowest BCUT2D eigenvalue weighted by atomic mass is 10.1. The van der Waals surface area contributed by atoms with Gasteiger partial charge in [-0.3, -0.25) is 14.5 Å². The minimum Gasteiger partial charge on any atom is -0.614 e. The number of unbranched alkanes of at least 4 members (excludes halogenated alkanes) is 3. The molecule has 0 radical (unpaired) electrons. The summed E-state index contributed by atoms with van der Waals surface area (Å²) in [6.45, 7) is 0.557. The van der Waals surface area contributed by atoms with Gasteiger partial charge in [-0.1, -0.05) is 89.4 Å². The summed E-state index contributed by atoms with van der Waals surface area (Å²) in [6.07, 6.45) is 5.32. The van der Waals surface area contributed by atoms with E-state index >= 15 is 0 Å². The van der Waals surface area contributed by atoms with Crippen molar-refractivity contribution in [3.05, 3.63) is 71.8 Å². The van der Waals surface area contributed by atoms with Gasteiger partial charge in [0.15, 0.2) is 4.83 Å². The normalized spacial score (nSPS) is 19.0. The number of benzene rings is 2. The zero-order valence-corrected chi connectivity index (χ0v) is 19.9. The second-order valence-corrected chi connectivity index (χ2v) is 10.3. The predicted molar refractivity (Wildman–Crippen MR) is 128 cm³/mol. The van der Waals surface area contributed by atoms with Gasteiger partial charge in [0.05, 0.1) is 0 Å². The molecule has 0 bridgehead atoms. The summed E-state index contributed by atoms with van der Waals surface area (Å²) in [7, 11) is 0. The molecular weight excluding hydrogens is 476 g/mol. The summed E-state index contributed by atoms with van der Waals surface area (Å²) in [5.41, 5.74) is 2.32. The van der Waals surface area contributed by atoms with Gasteiger partial charge in [0.1, 0.15) is 12.3 Å². The molecule has 1 aliphatic heterocycles. The summed E-state index contributed by atoms with van der Waals surface area (Å²) >= 11 is 2.05. The highest BCUT2D eigenvalue weighted by atomic mass is 79.9. The van der Waals surface area contributed by atoms with E-state index in [-0.39, 0.29) is 18.4 Å². The third-order valence-electron chi connectivity index (χ3n) is 5.37. The van der Waals surface area contributed by atoms with Gasteiger partial charge in [0.2, 0.25) is 17.2 Å². The standard InChI is InChI=1S/C24H29BrN2O3S/c25-22-23(29)27(24(22)31(30)18-20-14-8-4-9-15-20)17-21(28)26-16-10-2-1-5-11-19-12-6-3-7-13-19/h3-4,6-9,12-15,22,24H,1-2,5,10-11,16-18H2,(H,26,28)/t22-,24+,31-/m0/s1. The summed E-state index contributed by atoms with van der Waals surface area (Å²) in [4.78, 5) is 25.4. The Labute approximate surface area is 195 Å². The van der Waals surface area contributed by atoms with Crippen LogP contribution in [0, 0.1) is 0 Å². The SMILES string of the molecule is O=C(CN1C(=O)[C@H](Br)[C@H]1[S@@+]([O-])Cc1ccccc1)NCCCCCCc1ccccc1. The highest BCUT2D eigenvalue weighted by Gasteiger charge is 2.53. The fourth-order valence-corrected chi connectivity index (χ4v) is 6.45. The van der Waals surface area contributed by atoms with Gasteiger partial charge in [0.25, 0.3) is 0 Å². The fourth-order valence-electron chi connectivity index (χ4n) is 3.64. The number of hydrogen-bond acceptors (Lipinski definition) is 3. The quantitative estimate of drug-likeness (QED) is 0.207. The van der Waals surface area contributed by atoms with Crippen LogP contribution in [0.4, 0.5) is 0 Å². The average molecular weight is 505 g/mol. The van der Waals surface area contributed by atoms with Crippen molar-refractivity contribution in [1.29, 1.82) is 0 Å². The molecule has 3 rings (SSSR count). The summed E-state index contributed by atoms with van der Waals surface area (Å²) in [5.74, 6) is -0.0108. The molecule has 5 nitrogen and oxygen atoms in total. The molecule has 2 amide bonds. The lowest BCUT2D eigenvalue weighted by molar-refractivity contribution is -0.144. The molecule has 1 fully saturated rings. The van der Waals surface area contributed by atoms with Crippen molar-refractivity contribution in [2.24, 2.45) is 0 Å². The fraction of sp³-hybridized carbons (Fsp3) is 0.417. The maximum atomic E-state index is 12.8. The number of hydrogen-bond donors (Lipinski definition) is 1. The van der Waals surface area contributed by atoms with Crippen LogP contribution in [-0.2, 0) is 32.9 Å². The van der Waals surface area contributed by atoms with Crippen molar-refractivity contribution < 1.29 is 14.1 Å². The lowest BCUT2D eigenvalue weighted by Gasteiger charge is -2.43. The third-order valence-corrected chi connectivity index (χ3v) is 8.29. The van der Waals surface area contributed by atoms with Crippen LogP contribution in [-0.4, -0.2) is 44.6 Å². The minimum atomic E-state index is -1.28. The number of aryl methyl sites for hydroxylation is 1. The van der Waals surface area contributed by atoms with Crippen molar-refractivity contribution in [3.8, 4) is 0 Å². The molecule has 31 heavy (non-hydrogen) atoms. The number of amides is 2. The monoisotopic (exact) mass is 504 g/mol. The van der Waals surface area contributed by atoms with Crippen LogP contribution in [0.5, 0.6) is 0 Å². The van der Waals surface area contributed by atoms with Crippen molar-refractivity contribution in [2.75, 3.05) is 13.1 Å². The van der Waals surface area contributed by atoms with Crippen LogP contribution >= 0.6 is 15.9 Å². The summed E-state index contributed by atoms with van der Waals surface area (Å²) in [6, 6.07) is 20.0. The molecule has 1 saturated heterocycles. The van der Waals surface area contributed by atoms with Crippen LogP contribution in [0.2, 0.25) is 0 Å². The van der Waals surface area contributed by atoms with E-state index in [4.69, 9.17) is 0 Å². The van der Waals surface area contributed by atoms with E-state index in [2.05, 4.69) is 45.5 Å². The molecule has 1 N–H and O–H groups in total. The van der Waals surface area contributed by atoms with E-state index in [1.807, 2.05) is 36.4 Å². The van der Waals surface area contributed by atoms with E-state index in [1.54, 1.807) is 0 Å². The van der Waals surface area contributed by atoms with Crippen LogP contribution < -0.4 is 5.32 Å². The summed E-state index contributed by atoms with van der Waals surface area (Å²) < 4.78 is 12.8. The smallest absolute Gasteiger partial charge is 0.247 e. The summed E-state index contributed by atoms with van der Waals surface area (Å²) in [5, 5.41) is 2.41. The van der Waals surface area contributed by atoms with Crippen LogP contribution in [0.1, 0.15) is 36.8 Å². The molecule has 2 aromatic rings. The number of carbonyl (C=O) groups excluding carboxylic acids is 2. The second kappa shape index (κ2) is 12.3. The van der Waals surface area contributed by atoms with Crippen molar-refractivity contribution in [2.45, 2.75) is 48.1 Å². The zero-order valence-electron chi connectivity index (χ0n) is 17.5. The average Bonchev–Trinajstić information content (AvgIpc) is 2.79. The van der Waals surface area contributed by atoms with Gasteiger partial charge in [0, 0.05) is 12.1 Å². The molecule has 0 aromatic heterocycles. The first-order valence-electron chi connectivity index (χ1n) is 10.7. The van der Waals surface area contributed by atoms with E-state index in [0.29, 0.717) is 12.3 Å². The Balaban J connectivity index is 1.32. The molecule has 1 aliphatic rings. The van der Waals surface area contributed by atoms with E-state index < -0.39 is 21.4 Å². The molecule has 0 spiro atoms. The Hall–Kier alpha value is -1.83. The lowest BCUT2D eigenvalue weighted by Crippen LogP contribution is -2.67. The molecular formula is C24H29BrN2O3S. The number of carbonyl (C=O) groups is 2.